The second-order valence-electron chi connectivity index (χ2n) is 10.0. The van der Waals surface area contributed by atoms with Crippen LogP contribution < -0.4 is 15.0 Å². The van der Waals surface area contributed by atoms with Gasteiger partial charge in [-0.1, -0.05) is 24.3 Å². The molecule has 0 aliphatic heterocycles. The van der Waals surface area contributed by atoms with Crippen molar-refractivity contribution in [3.63, 3.8) is 0 Å². The molecule has 13 heteroatoms. The number of nitrogens with zero attached hydrogens (tertiary/aromatic N) is 9. The lowest BCUT2D eigenvalue weighted by molar-refractivity contribution is -0.128. The lowest BCUT2D eigenvalue weighted by Gasteiger charge is -2.34. The first-order chi connectivity index (χ1) is 19.8. The van der Waals surface area contributed by atoms with Gasteiger partial charge in [-0.05, 0) is 72.7 Å². The van der Waals surface area contributed by atoms with Crippen molar-refractivity contribution in [2.24, 2.45) is 0 Å². The highest BCUT2D eigenvalue weighted by Gasteiger charge is 2.36. The van der Waals surface area contributed by atoms with E-state index in [1.54, 1.807) is 42.7 Å². The third-order valence-electron chi connectivity index (χ3n) is 6.89. The zero-order chi connectivity index (χ0) is 29.0. The van der Waals surface area contributed by atoms with Gasteiger partial charge in [-0.3, -0.25) is 19.5 Å². The quantitative estimate of drug-likeness (QED) is 0.275. The Morgan fingerprint density at radius 2 is 1.85 bits per heavy atom. The van der Waals surface area contributed by atoms with Crippen LogP contribution in [0.4, 0.5) is 5.69 Å². The van der Waals surface area contributed by atoms with Crippen LogP contribution in [0.25, 0.3) is 16.7 Å². The van der Waals surface area contributed by atoms with Gasteiger partial charge in [0, 0.05) is 29.7 Å². The molecule has 0 saturated carbocycles. The summed E-state index contributed by atoms with van der Waals surface area (Å²) in [5.41, 5.74) is 2.43. The Labute approximate surface area is 236 Å². The molecule has 0 fully saturated rings. The number of tetrazole rings is 1. The topological polar surface area (TPSA) is 146 Å². The summed E-state index contributed by atoms with van der Waals surface area (Å²) in [5.74, 6) is -0.325. The molecule has 13 nitrogen and oxygen atoms in total. The molecule has 0 bridgehead atoms. The van der Waals surface area contributed by atoms with Gasteiger partial charge in [0.05, 0.1) is 12.6 Å². The molecule has 1 N–H and O–H groups in total. The molecular formula is C28H30N10O3. The summed E-state index contributed by atoms with van der Waals surface area (Å²) < 4.78 is 8.63. The van der Waals surface area contributed by atoms with Crippen molar-refractivity contribution >= 4 is 28.5 Å². The Morgan fingerprint density at radius 1 is 1.07 bits per heavy atom. The zero-order valence-corrected chi connectivity index (χ0v) is 23.2. The van der Waals surface area contributed by atoms with Gasteiger partial charge in [0.1, 0.15) is 35.9 Å². The first-order valence-corrected chi connectivity index (χ1v) is 13.0. The molecule has 0 saturated heterocycles. The minimum absolute atomic E-state index is 0.163. The number of hydrogen-bond acceptors (Lipinski definition) is 9. The van der Waals surface area contributed by atoms with E-state index in [9.17, 15) is 9.59 Å². The number of nitrogens with one attached hydrogen (secondary N) is 1. The van der Waals surface area contributed by atoms with Crippen molar-refractivity contribution < 1.29 is 14.3 Å². The minimum Gasteiger partial charge on any atom is -0.494 e. The van der Waals surface area contributed by atoms with Crippen molar-refractivity contribution in [3.05, 3.63) is 78.9 Å². The maximum Gasteiger partial charge on any atom is 0.249 e. The summed E-state index contributed by atoms with van der Waals surface area (Å²) in [4.78, 5) is 33.9. The smallest absolute Gasteiger partial charge is 0.249 e. The molecule has 210 valence electrons. The molecule has 2 aromatic carbocycles. The Balaban J connectivity index is 1.64. The van der Waals surface area contributed by atoms with Crippen molar-refractivity contribution in [1.29, 1.82) is 0 Å². The molecule has 5 rings (SSSR count). The average Bonchev–Trinajstić information content (AvgIpc) is 3.66. The van der Waals surface area contributed by atoms with E-state index in [1.807, 2.05) is 45.0 Å². The molecular weight excluding hydrogens is 524 g/mol. The van der Waals surface area contributed by atoms with Crippen LogP contribution in [0.2, 0.25) is 0 Å². The molecule has 0 aliphatic carbocycles. The predicted molar refractivity (Wildman–Crippen MR) is 150 cm³/mol. The summed E-state index contributed by atoms with van der Waals surface area (Å²) in [6, 6.07) is 14.9. The van der Waals surface area contributed by atoms with E-state index < -0.39 is 11.6 Å². The molecule has 0 aliphatic rings. The average molecular weight is 555 g/mol. The van der Waals surface area contributed by atoms with E-state index in [2.05, 4.69) is 36.1 Å². The number of para-hydroxylation sites is 1. The summed E-state index contributed by atoms with van der Waals surface area (Å²) in [5, 5.41) is 22.8. The number of aromatic nitrogens is 8. The number of amides is 2. The predicted octanol–water partition coefficient (Wildman–Crippen LogP) is 2.89. The van der Waals surface area contributed by atoms with Gasteiger partial charge in [0.15, 0.2) is 0 Å². The van der Waals surface area contributed by atoms with Gasteiger partial charge < -0.3 is 10.1 Å². The normalized spacial score (nSPS) is 12.2. The fourth-order valence-corrected chi connectivity index (χ4v) is 4.41. The van der Waals surface area contributed by atoms with Crippen molar-refractivity contribution in [2.75, 3.05) is 12.0 Å². The molecule has 3 aromatic heterocycles. The number of carbonyl (C=O) groups is 2. The van der Waals surface area contributed by atoms with E-state index >= 15 is 0 Å². The van der Waals surface area contributed by atoms with Gasteiger partial charge in [0.25, 0.3) is 0 Å². The molecule has 0 spiro atoms. The number of carbonyl (C=O) groups excluding carboxylic acids is 2. The van der Waals surface area contributed by atoms with Crippen LogP contribution in [-0.2, 0) is 16.1 Å². The number of ether oxygens (including phenoxy) is 1. The van der Waals surface area contributed by atoms with Crippen LogP contribution in [0.5, 0.6) is 5.75 Å². The second-order valence-corrected chi connectivity index (χ2v) is 10.0. The highest BCUT2D eigenvalue weighted by atomic mass is 16.5. The van der Waals surface area contributed by atoms with Gasteiger partial charge in [-0.2, -0.15) is 4.68 Å². The lowest BCUT2D eigenvalue weighted by atomic mass is 9.98. The molecule has 5 aromatic rings. The van der Waals surface area contributed by atoms with Gasteiger partial charge in [0.2, 0.25) is 11.8 Å². The third-order valence-corrected chi connectivity index (χ3v) is 6.89. The first kappa shape index (κ1) is 27.4. The van der Waals surface area contributed by atoms with Crippen LogP contribution in [-0.4, -0.2) is 64.6 Å². The van der Waals surface area contributed by atoms with Crippen LogP contribution in [0.3, 0.4) is 0 Å². The minimum atomic E-state index is -1.03. The molecule has 41 heavy (non-hydrogen) atoms. The Kier molecular flexibility index (Phi) is 7.68. The first-order valence-electron chi connectivity index (χ1n) is 13.0. The Bertz CT molecular complexity index is 1650. The standard InChI is InChI=1S/C28H30N10O3/c1-5-28(2,3)31-27(40)26(19-12-14-29-15-13-19)38(25(39)17-36-22-9-7-6-8-21(22)32-34-36)20-10-11-23(24(16-20)41-4)37-18-30-33-35-37/h6-16,18,26H,5,17H2,1-4H3,(H,31,40)/t26-/m0/s1. The number of fused-ring (bicyclic) bond motifs is 1. The van der Waals surface area contributed by atoms with Crippen molar-refractivity contribution in [2.45, 2.75) is 45.3 Å². The number of pyridine rings is 1. The highest BCUT2D eigenvalue weighted by Crippen LogP contribution is 2.34. The number of rotatable bonds is 10. The maximum absolute atomic E-state index is 14.3. The lowest BCUT2D eigenvalue weighted by Crippen LogP contribution is -2.51. The van der Waals surface area contributed by atoms with E-state index in [1.165, 1.54) is 27.7 Å². The Hall–Kier alpha value is -5.20. The van der Waals surface area contributed by atoms with Crippen LogP contribution >= 0.6 is 0 Å². The van der Waals surface area contributed by atoms with Crippen LogP contribution in [0.15, 0.2) is 73.3 Å². The van der Waals surface area contributed by atoms with Crippen LogP contribution in [0, 0.1) is 0 Å². The summed E-state index contributed by atoms with van der Waals surface area (Å²) in [7, 11) is 1.51. The van der Waals surface area contributed by atoms with E-state index in [-0.39, 0.29) is 18.4 Å². The number of anilines is 1. The molecule has 3 heterocycles. The van der Waals surface area contributed by atoms with Gasteiger partial charge in [-0.15, -0.1) is 10.2 Å². The van der Waals surface area contributed by atoms with E-state index in [0.717, 1.165) is 0 Å². The van der Waals surface area contributed by atoms with Gasteiger partial charge >= 0.3 is 0 Å². The maximum atomic E-state index is 14.3. The van der Waals surface area contributed by atoms with Gasteiger partial charge in [-0.25, -0.2) is 4.68 Å². The number of hydrogen-bond donors (Lipinski definition) is 1. The molecule has 1 atom stereocenters. The molecule has 0 radical (unpaired) electrons. The fourth-order valence-electron chi connectivity index (χ4n) is 4.41. The Morgan fingerprint density at radius 3 is 2.56 bits per heavy atom. The van der Waals surface area contributed by atoms with Crippen molar-refractivity contribution in [1.82, 2.24) is 45.5 Å². The van der Waals surface area contributed by atoms with Crippen LogP contribution in [0.1, 0.15) is 38.8 Å². The summed E-state index contributed by atoms with van der Waals surface area (Å²) in [6.45, 7) is 5.70. The number of methoxy groups -OCH3 is 1. The third kappa shape index (κ3) is 5.73. The zero-order valence-electron chi connectivity index (χ0n) is 23.2. The fraction of sp³-hybridized carbons (Fsp3) is 0.286. The summed E-state index contributed by atoms with van der Waals surface area (Å²) >= 11 is 0. The van der Waals surface area contributed by atoms with E-state index in [0.29, 0.717) is 40.1 Å². The SMILES string of the molecule is CCC(C)(C)NC(=O)[C@H](c1ccncc1)N(C(=O)Cn1nnc2ccccc21)c1ccc(-n2cnnn2)c(OC)c1. The largest absolute Gasteiger partial charge is 0.494 e. The number of benzene rings is 2. The molecule has 0 unspecified atom stereocenters. The van der Waals surface area contributed by atoms with Crippen molar-refractivity contribution in [3.8, 4) is 11.4 Å². The summed E-state index contributed by atoms with van der Waals surface area (Å²) in [6.07, 6.45) is 5.32. The highest BCUT2D eigenvalue weighted by molar-refractivity contribution is 6.02. The molecule has 2 amide bonds. The monoisotopic (exact) mass is 554 g/mol. The second kappa shape index (κ2) is 11.5. The van der Waals surface area contributed by atoms with E-state index in [4.69, 9.17) is 4.74 Å².